The lowest BCUT2D eigenvalue weighted by Gasteiger charge is -2.17. The predicted octanol–water partition coefficient (Wildman–Crippen LogP) is 5.28. The maximum Gasteiger partial charge on any atom is 0.573 e. The van der Waals surface area contributed by atoms with E-state index in [0.717, 1.165) is 23.3 Å². The quantitative estimate of drug-likeness (QED) is 0.368. The zero-order valence-electron chi connectivity index (χ0n) is 17.1. The van der Waals surface area contributed by atoms with Gasteiger partial charge in [-0.3, -0.25) is 9.52 Å². The van der Waals surface area contributed by atoms with Gasteiger partial charge in [0.25, 0.3) is 0 Å². The second kappa shape index (κ2) is 10.2. The largest absolute Gasteiger partial charge is 0.573 e. The maximum absolute atomic E-state index is 13.0. The number of carbonyl (C=O) groups excluding carboxylic acids is 1. The number of phenols is 1. The molecule has 1 unspecified atom stereocenters. The van der Waals surface area contributed by atoms with Gasteiger partial charge in [-0.25, -0.2) is 4.21 Å². The summed E-state index contributed by atoms with van der Waals surface area (Å²) in [5, 5.41) is 12.9. The average molecular weight is 499 g/mol. The minimum Gasteiger partial charge on any atom is -0.505 e. The zero-order chi connectivity index (χ0) is 24.2. The van der Waals surface area contributed by atoms with Crippen LogP contribution in [0, 0.1) is 0 Å². The van der Waals surface area contributed by atoms with Crippen LogP contribution in [0.3, 0.4) is 0 Å². The molecular formula is C22H18ClF3N2O4S. The fourth-order valence-electron chi connectivity index (χ4n) is 3.10. The van der Waals surface area contributed by atoms with E-state index in [2.05, 4.69) is 14.8 Å². The number of phenolic OH excluding ortho intramolecular Hbond substituents is 1. The number of aldehydes is 1. The first-order valence-electron chi connectivity index (χ1n) is 9.41. The third-order valence-electron chi connectivity index (χ3n) is 4.49. The van der Waals surface area contributed by atoms with Gasteiger partial charge in [-0.15, -0.1) is 13.2 Å². The summed E-state index contributed by atoms with van der Waals surface area (Å²) in [5.74, 6) is -1.19. The number of anilines is 1. The Morgan fingerprint density at radius 1 is 1.15 bits per heavy atom. The molecule has 11 heteroatoms. The van der Waals surface area contributed by atoms with Crippen LogP contribution in [0.15, 0.2) is 59.5 Å². The van der Waals surface area contributed by atoms with Crippen molar-refractivity contribution in [2.24, 2.45) is 0 Å². The minimum absolute atomic E-state index is 0.0319. The monoisotopic (exact) mass is 498 g/mol. The summed E-state index contributed by atoms with van der Waals surface area (Å²) in [6.07, 6.45) is -4.56. The van der Waals surface area contributed by atoms with Gasteiger partial charge < -0.3 is 15.2 Å². The second-order valence-electron chi connectivity index (χ2n) is 6.78. The molecule has 0 saturated carbocycles. The molecule has 0 radical (unpaired) electrons. The van der Waals surface area contributed by atoms with Gasteiger partial charge >= 0.3 is 6.36 Å². The highest BCUT2D eigenvalue weighted by Crippen LogP contribution is 2.37. The number of carbonyl (C=O) groups is 1. The molecule has 0 aromatic heterocycles. The van der Waals surface area contributed by atoms with Crippen LogP contribution >= 0.6 is 11.6 Å². The molecule has 0 aliphatic heterocycles. The number of hydrogen-bond donors (Lipinski definition) is 3. The number of rotatable bonds is 8. The smallest absolute Gasteiger partial charge is 0.505 e. The van der Waals surface area contributed by atoms with Gasteiger partial charge in [-0.2, -0.15) is 0 Å². The molecule has 0 heterocycles. The van der Waals surface area contributed by atoms with E-state index in [9.17, 15) is 27.3 Å². The molecule has 3 aromatic rings. The Morgan fingerprint density at radius 3 is 2.55 bits per heavy atom. The Balaban J connectivity index is 2.07. The van der Waals surface area contributed by atoms with Crippen molar-refractivity contribution in [1.82, 2.24) is 5.32 Å². The number of alkyl halides is 3. The molecule has 174 valence electrons. The highest BCUT2D eigenvalue weighted by Gasteiger charge is 2.32. The molecule has 0 fully saturated rings. The molecule has 3 aromatic carbocycles. The third kappa shape index (κ3) is 6.04. The molecule has 3 rings (SSSR count). The summed E-state index contributed by atoms with van der Waals surface area (Å²) in [5.41, 5.74) is 1.96. The van der Waals surface area contributed by atoms with Crippen LogP contribution in [0.25, 0.3) is 11.1 Å². The molecule has 3 N–H and O–H groups in total. The predicted molar refractivity (Wildman–Crippen MR) is 120 cm³/mol. The first-order chi connectivity index (χ1) is 15.6. The van der Waals surface area contributed by atoms with E-state index in [1.54, 1.807) is 19.2 Å². The SMILES string of the molecule is CNCc1ccccc1-c1ccc(OC(F)(F)F)c(NS(=O)c2cc(C=O)cc(Cl)c2O)c1. The lowest BCUT2D eigenvalue weighted by atomic mass is 9.99. The molecule has 1 atom stereocenters. The summed E-state index contributed by atoms with van der Waals surface area (Å²) in [7, 11) is -0.521. The van der Waals surface area contributed by atoms with Gasteiger partial charge in [0, 0.05) is 12.1 Å². The number of halogens is 4. The number of aromatic hydroxyl groups is 1. The Hall–Kier alpha value is -3.08. The summed E-state index contributed by atoms with van der Waals surface area (Å²) < 4.78 is 58.3. The summed E-state index contributed by atoms with van der Waals surface area (Å²) in [4.78, 5) is 10.8. The molecule has 33 heavy (non-hydrogen) atoms. The number of ether oxygens (including phenoxy) is 1. The fourth-order valence-corrected chi connectivity index (χ4v) is 4.38. The van der Waals surface area contributed by atoms with E-state index in [4.69, 9.17) is 11.6 Å². The normalized spacial score (nSPS) is 12.3. The van der Waals surface area contributed by atoms with Crippen molar-refractivity contribution >= 4 is 34.6 Å². The highest BCUT2D eigenvalue weighted by molar-refractivity contribution is 7.86. The van der Waals surface area contributed by atoms with Gasteiger partial charge in [0.15, 0.2) is 22.5 Å². The Morgan fingerprint density at radius 2 is 1.88 bits per heavy atom. The van der Waals surface area contributed by atoms with Crippen molar-refractivity contribution in [2.75, 3.05) is 11.8 Å². The maximum atomic E-state index is 13.0. The van der Waals surface area contributed by atoms with Crippen LogP contribution in [-0.2, 0) is 17.5 Å². The molecule has 6 nitrogen and oxygen atoms in total. The lowest BCUT2D eigenvalue weighted by Crippen LogP contribution is -2.18. The van der Waals surface area contributed by atoms with Crippen molar-refractivity contribution in [3.05, 3.63) is 70.7 Å². The topological polar surface area (TPSA) is 87.7 Å². The standard InChI is InChI=1S/C22H18ClF3N2O4S/c1-27-11-15-4-2-3-5-16(15)14-6-7-19(32-22(24,25)26)18(10-14)28-33(31)20-9-13(12-29)8-17(23)21(20)30/h2-10,12,27-28,30H,11H2,1H3. The van der Waals surface area contributed by atoms with Gasteiger partial charge in [-0.1, -0.05) is 41.9 Å². The van der Waals surface area contributed by atoms with Crippen molar-refractivity contribution < 1.29 is 32.0 Å². The minimum atomic E-state index is -4.99. The number of nitrogens with one attached hydrogen (secondary N) is 2. The zero-order valence-corrected chi connectivity index (χ0v) is 18.6. The number of hydrogen-bond acceptors (Lipinski definition) is 5. The Bertz CT molecular complexity index is 1200. The van der Waals surface area contributed by atoms with Crippen LogP contribution in [-0.4, -0.2) is 29.0 Å². The molecule has 0 aliphatic rings. The summed E-state index contributed by atoms with van der Waals surface area (Å²) >= 11 is 5.87. The molecule has 0 spiro atoms. The Labute approximate surface area is 194 Å². The van der Waals surface area contributed by atoms with Gasteiger partial charge in [0.05, 0.1) is 10.7 Å². The first kappa shape index (κ1) is 24.6. The van der Waals surface area contributed by atoms with Crippen molar-refractivity contribution in [2.45, 2.75) is 17.8 Å². The van der Waals surface area contributed by atoms with Crippen molar-refractivity contribution in [3.8, 4) is 22.6 Å². The molecule has 0 amide bonds. The first-order valence-corrected chi connectivity index (χ1v) is 10.9. The molecule has 0 saturated heterocycles. The highest BCUT2D eigenvalue weighted by atomic mass is 35.5. The fraction of sp³-hybridized carbons (Fsp3) is 0.136. The number of benzene rings is 3. The van der Waals surface area contributed by atoms with E-state index >= 15 is 0 Å². The van der Waals surface area contributed by atoms with Crippen LogP contribution in [0.4, 0.5) is 18.9 Å². The molecule has 0 aliphatic carbocycles. The summed E-state index contributed by atoms with van der Waals surface area (Å²) in [6, 6.07) is 13.5. The van der Waals surface area contributed by atoms with E-state index in [0.29, 0.717) is 18.4 Å². The Kier molecular flexibility index (Phi) is 7.62. The van der Waals surface area contributed by atoms with E-state index in [1.807, 2.05) is 12.1 Å². The second-order valence-corrected chi connectivity index (χ2v) is 8.37. The van der Waals surface area contributed by atoms with Crippen LogP contribution in [0.5, 0.6) is 11.5 Å². The summed E-state index contributed by atoms with van der Waals surface area (Å²) in [6.45, 7) is 0.510. The van der Waals surface area contributed by atoms with Crippen LogP contribution in [0.1, 0.15) is 15.9 Å². The van der Waals surface area contributed by atoms with E-state index < -0.39 is 28.8 Å². The van der Waals surface area contributed by atoms with E-state index in [1.165, 1.54) is 18.2 Å². The van der Waals surface area contributed by atoms with Crippen LogP contribution in [0.2, 0.25) is 5.02 Å². The lowest BCUT2D eigenvalue weighted by molar-refractivity contribution is -0.274. The molecule has 0 bridgehead atoms. The molecular weight excluding hydrogens is 481 g/mol. The van der Waals surface area contributed by atoms with Gasteiger partial charge in [0.2, 0.25) is 0 Å². The third-order valence-corrected chi connectivity index (χ3v) is 5.89. The van der Waals surface area contributed by atoms with Gasteiger partial charge in [-0.05, 0) is 48.0 Å². The van der Waals surface area contributed by atoms with Crippen molar-refractivity contribution in [1.29, 1.82) is 0 Å². The van der Waals surface area contributed by atoms with Crippen molar-refractivity contribution in [3.63, 3.8) is 0 Å². The van der Waals surface area contributed by atoms with E-state index in [-0.39, 0.29) is 21.2 Å². The average Bonchev–Trinajstić information content (AvgIpc) is 2.76. The van der Waals surface area contributed by atoms with Crippen LogP contribution < -0.4 is 14.8 Å². The van der Waals surface area contributed by atoms with Gasteiger partial charge in [0.1, 0.15) is 11.2 Å².